The first-order valence-electron chi connectivity index (χ1n) is 6.69. The number of rotatable bonds is 6. The van der Waals surface area contributed by atoms with E-state index in [-0.39, 0.29) is 0 Å². The van der Waals surface area contributed by atoms with E-state index in [0.717, 1.165) is 5.92 Å². The van der Waals surface area contributed by atoms with Crippen molar-refractivity contribution >= 4 is 0 Å². The molecule has 88 valence electrons. The van der Waals surface area contributed by atoms with E-state index in [1.54, 1.807) is 0 Å². The van der Waals surface area contributed by atoms with Gasteiger partial charge < -0.3 is 10.2 Å². The van der Waals surface area contributed by atoms with E-state index in [1.165, 1.54) is 58.3 Å². The van der Waals surface area contributed by atoms with Gasteiger partial charge >= 0.3 is 0 Å². The molecule has 0 bridgehead atoms. The average molecular weight is 210 g/mol. The molecule has 0 spiro atoms. The van der Waals surface area contributed by atoms with Crippen molar-refractivity contribution in [2.75, 3.05) is 26.2 Å². The first-order chi connectivity index (χ1) is 7.22. The van der Waals surface area contributed by atoms with E-state index in [2.05, 4.69) is 24.1 Å². The van der Waals surface area contributed by atoms with Crippen molar-refractivity contribution in [1.82, 2.24) is 10.2 Å². The maximum absolute atomic E-state index is 3.67. The van der Waals surface area contributed by atoms with Crippen LogP contribution in [-0.4, -0.2) is 36.6 Å². The van der Waals surface area contributed by atoms with E-state index < -0.39 is 0 Å². The van der Waals surface area contributed by atoms with Gasteiger partial charge in [0, 0.05) is 18.6 Å². The van der Waals surface area contributed by atoms with E-state index in [0.29, 0.717) is 5.54 Å². The first-order valence-corrected chi connectivity index (χ1v) is 6.69. The molecule has 0 aromatic rings. The Balaban J connectivity index is 1.80. The lowest BCUT2D eigenvalue weighted by Crippen LogP contribution is -2.48. The standard InChI is InChI=1S/C13H26N2/c1-3-9-15(10-12-5-6-12)11-13(2)7-4-8-14-13/h12,14H,3-11H2,1-2H3. The summed E-state index contributed by atoms with van der Waals surface area (Å²) in [5.41, 5.74) is 0.407. The van der Waals surface area contributed by atoms with Crippen molar-refractivity contribution in [3.63, 3.8) is 0 Å². The molecule has 0 radical (unpaired) electrons. The van der Waals surface area contributed by atoms with Crippen molar-refractivity contribution in [2.24, 2.45) is 5.92 Å². The third kappa shape index (κ3) is 3.46. The van der Waals surface area contributed by atoms with Crippen LogP contribution in [0.15, 0.2) is 0 Å². The highest BCUT2D eigenvalue weighted by atomic mass is 15.2. The van der Waals surface area contributed by atoms with Gasteiger partial charge in [0.25, 0.3) is 0 Å². The van der Waals surface area contributed by atoms with E-state index in [4.69, 9.17) is 0 Å². The predicted octanol–water partition coefficient (Wildman–Crippen LogP) is 2.25. The lowest BCUT2D eigenvalue weighted by atomic mass is 9.99. The van der Waals surface area contributed by atoms with Gasteiger partial charge in [-0.25, -0.2) is 0 Å². The maximum Gasteiger partial charge on any atom is 0.0280 e. The van der Waals surface area contributed by atoms with Crippen LogP contribution < -0.4 is 5.32 Å². The fourth-order valence-corrected chi connectivity index (χ4v) is 2.80. The van der Waals surface area contributed by atoms with Gasteiger partial charge in [0.05, 0.1) is 0 Å². The lowest BCUT2D eigenvalue weighted by Gasteiger charge is -2.32. The highest BCUT2D eigenvalue weighted by molar-refractivity contribution is 4.92. The van der Waals surface area contributed by atoms with Gasteiger partial charge in [0.15, 0.2) is 0 Å². The number of nitrogens with one attached hydrogen (secondary N) is 1. The molecule has 1 N–H and O–H groups in total. The van der Waals surface area contributed by atoms with Crippen molar-refractivity contribution in [1.29, 1.82) is 0 Å². The van der Waals surface area contributed by atoms with Crippen LogP contribution in [0.5, 0.6) is 0 Å². The molecule has 1 unspecified atom stereocenters. The molecule has 1 aliphatic heterocycles. The highest BCUT2D eigenvalue weighted by Gasteiger charge is 2.32. The van der Waals surface area contributed by atoms with Crippen LogP contribution in [0.4, 0.5) is 0 Å². The van der Waals surface area contributed by atoms with Gasteiger partial charge in [-0.15, -0.1) is 0 Å². The van der Waals surface area contributed by atoms with Crippen molar-refractivity contribution in [3.05, 3.63) is 0 Å². The Bertz CT molecular complexity index is 193. The second-order valence-corrected chi connectivity index (χ2v) is 5.77. The molecule has 0 aromatic heterocycles. The Kier molecular flexibility index (Phi) is 3.68. The molecule has 1 heterocycles. The molecule has 0 aromatic carbocycles. The zero-order chi connectivity index (χ0) is 10.7. The van der Waals surface area contributed by atoms with Crippen molar-refractivity contribution in [2.45, 2.75) is 51.5 Å². The van der Waals surface area contributed by atoms with Crippen LogP contribution in [0.25, 0.3) is 0 Å². The first kappa shape index (κ1) is 11.4. The summed E-state index contributed by atoms with van der Waals surface area (Å²) in [5.74, 6) is 1.03. The van der Waals surface area contributed by atoms with Crippen molar-refractivity contribution in [3.8, 4) is 0 Å². The Morgan fingerprint density at radius 2 is 2.20 bits per heavy atom. The molecule has 15 heavy (non-hydrogen) atoms. The Morgan fingerprint density at radius 1 is 1.40 bits per heavy atom. The minimum atomic E-state index is 0.407. The van der Waals surface area contributed by atoms with Gasteiger partial charge in [0.2, 0.25) is 0 Å². The number of hydrogen-bond acceptors (Lipinski definition) is 2. The number of nitrogens with zero attached hydrogens (tertiary/aromatic N) is 1. The second kappa shape index (κ2) is 4.84. The molecular formula is C13H26N2. The summed E-state index contributed by atoms with van der Waals surface area (Å²) < 4.78 is 0. The van der Waals surface area contributed by atoms with Gasteiger partial charge in [-0.05, 0) is 58.0 Å². The van der Waals surface area contributed by atoms with Gasteiger partial charge in [-0.2, -0.15) is 0 Å². The lowest BCUT2D eigenvalue weighted by molar-refractivity contribution is 0.196. The van der Waals surface area contributed by atoms with E-state index in [9.17, 15) is 0 Å². The molecule has 2 fully saturated rings. The normalized spacial score (nSPS) is 31.4. The van der Waals surface area contributed by atoms with Gasteiger partial charge in [-0.1, -0.05) is 6.92 Å². The Hall–Kier alpha value is -0.0800. The average Bonchev–Trinajstić information content (AvgIpc) is 2.89. The summed E-state index contributed by atoms with van der Waals surface area (Å²) in [6.45, 7) is 9.82. The van der Waals surface area contributed by atoms with Crippen LogP contribution in [-0.2, 0) is 0 Å². The van der Waals surface area contributed by atoms with Crippen LogP contribution in [0.2, 0.25) is 0 Å². The summed E-state index contributed by atoms with van der Waals surface area (Å²) in [5, 5.41) is 3.67. The second-order valence-electron chi connectivity index (χ2n) is 5.77. The largest absolute Gasteiger partial charge is 0.310 e. The molecule has 2 heteroatoms. The smallest absolute Gasteiger partial charge is 0.0280 e. The highest BCUT2D eigenvalue weighted by Crippen LogP contribution is 2.30. The van der Waals surface area contributed by atoms with Crippen LogP contribution in [0, 0.1) is 5.92 Å². The topological polar surface area (TPSA) is 15.3 Å². The minimum absolute atomic E-state index is 0.407. The summed E-state index contributed by atoms with van der Waals surface area (Å²) in [4.78, 5) is 2.69. The molecule has 1 saturated carbocycles. The SMILES string of the molecule is CCCN(CC1CC1)CC1(C)CCCN1. The van der Waals surface area contributed by atoms with E-state index in [1.807, 2.05) is 0 Å². The fourth-order valence-electron chi connectivity index (χ4n) is 2.80. The maximum atomic E-state index is 3.67. The number of hydrogen-bond donors (Lipinski definition) is 1. The Labute approximate surface area is 94.4 Å². The zero-order valence-corrected chi connectivity index (χ0v) is 10.4. The predicted molar refractivity (Wildman–Crippen MR) is 65.1 cm³/mol. The van der Waals surface area contributed by atoms with Crippen LogP contribution in [0.3, 0.4) is 0 Å². The summed E-state index contributed by atoms with van der Waals surface area (Å²) in [6.07, 6.45) is 6.97. The monoisotopic (exact) mass is 210 g/mol. The zero-order valence-electron chi connectivity index (χ0n) is 10.4. The Morgan fingerprint density at radius 3 is 2.73 bits per heavy atom. The van der Waals surface area contributed by atoms with Gasteiger partial charge in [0.1, 0.15) is 0 Å². The molecule has 1 aliphatic carbocycles. The molecule has 1 atom stereocenters. The quantitative estimate of drug-likeness (QED) is 0.723. The van der Waals surface area contributed by atoms with Gasteiger partial charge in [-0.3, -0.25) is 0 Å². The van der Waals surface area contributed by atoms with Crippen molar-refractivity contribution < 1.29 is 0 Å². The van der Waals surface area contributed by atoms with Crippen LogP contribution >= 0.6 is 0 Å². The minimum Gasteiger partial charge on any atom is -0.310 e. The third-order valence-corrected chi connectivity index (χ3v) is 3.78. The van der Waals surface area contributed by atoms with E-state index >= 15 is 0 Å². The molecule has 2 aliphatic rings. The summed E-state index contributed by atoms with van der Waals surface area (Å²) in [6, 6.07) is 0. The fraction of sp³-hybridized carbons (Fsp3) is 1.00. The molecule has 0 amide bonds. The summed E-state index contributed by atoms with van der Waals surface area (Å²) >= 11 is 0. The summed E-state index contributed by atoms with van der Waals surface area (Å²) in [7, 11) is 0. The molecular weight excluding hydrogens is 184 g/mol. The molecule has 2 rings (SSSR count). The van der Waals surface area contributed by atoms with Crippen LogP contribution in [0.1, 0.15) is 46.0 Å². The third-order valence-electron chi connectivity index (χ3n) is 3.78. The molecule has 1 saturated heterocycles. The molecule has 2 nitrogen and oxygen atoms in total.